The smallest absolute Gasteiger partial charge is 0.191 e. The second kappa shape index (κ2) is 7.38. The van der Waals surface area contributed by atoms with Crippen molar-refractivity contribution < 1.29 is 28.5 Å². The van der Waals surface area contributed by atoms with E-state index in [1.54, 1.807) is 0 Å². The quantitative estimate of drug-likeness (QED) is 0.398. The van der Waals surface area contributed by atoms with E-state index in [0.29, 0.717) is 0 Å². The van der Waals surface area contributed by atoms with Gasteiger partial charge in [-0.1, -0.05) is 22.0 Å². The van der Waals surface area contributed by atoms with E-state index in [2.05, 4.69) is 70.1 Å². The van der Waals surface area contributed by atoms with Crippen LogP contribution in [0.2, 0.25) is 0 Å². The van der Waals surface area contributed by atoms with Crippen LogP contribution in [0.4, 0.5) is 0 Å². The second-order valence-electron chi connectivity index (χ2n) is 3.55. The van der Waals surface area contributed by atoms with Crippen LogP contribution in [0.1, 0.15) is 5.69 Å². The molecule has 4 heteroatoms. The summed E-state index contributed by atoms with van der Waals surface area (Å²) in [6.07, 6.45) is 2.08. The number of aryl methyl sites for hydroxylation is 1. The molecule has 1 aromatic carbocycles. The van der Waals surface area contributed by atoms with E-state index >= 15 is 0 Å². The fourth-order valence-corrected chi connectivity index (χ4v) is 2.60. The summed E-state index contributed by atoms with van der Waals surface area (Å²) in [5.74, 6) is 0.999. The van der Waals surface area contributed by atoms with Gasteiger partial charge in [0.25, 0.3) is 0 Å². The van der Waals surface area contributed by atoms with Gasteiger partial charge in [-0.3, -0.25) is 0 Å². The SMILES string of the molecule is C[n+]1ccccc1CSc1ccc(Br)cc1.[I-]. The number of hydrogen-bond acceptors (Lipinski definition) is 1. The maximum absolute atomic E-state index is 3.44. The molecule has 0 spiro atoms. The van der Waals surface area contributed by atoms with Crippen LogP contribution in [0.5, 0.6) is 0 Å². The van der Waals surface area contributed by atoms with Crippen LogP contribution in [0.3, 0.4) is 0 Å². The molecule has 0 aliphatic rings. The Morgan fingerprint density at radius 2 is 1.82 bits per heavy atom. The Morgan fingerprint density at radius 3 is 2.47 bits per heavy atom. The first-order valence-corrected chi connectivity index (χ1v) is 6.85. The molecular weight excluding hydrogens is 409 g/mol. The highest BCUT2D eigenvalue weighted by molar-refractivity contribution is 9.10. The molecule has 0 N–H and O–H groups in total. The van der Waals surface area contributed by atoms with E-state index in [-0.39, 0.29) is 24.0 Å². The summed E-state index contributed by atoms with van der Waals surface area (Å²) in [5.41, 5.74) is 1.33. The average Bonchev–Trinajstić information content (AvgIpc) is 2.30. The van der Waals surface area contributed by atoms with Crippen LogP contribution in [0.25, 0.3) is 0 Å². The number of benzene rings is 1. The van der Waals surface area contributed by atoms with Gasteiger partial charge in [-0.2, -0.15) is 0 Å². The molecule has 1 aromatic heterocycles. The zero-order valence-electron chi connectivity index (χ0n) is 9.44. The zero-order valence-corrected chi connectivity index (χ0v) is 14.0. The number of nitrogens with zero attached hydrogens (tertiary/aromatic N) is 1. The molecule has 0 saturated carbocycles. The van der Waals surface area contributed by atoms with Crippen molar-refractivity contribution in [3.8, 4) is 0 Å². The van der Waals surface area contributed by atoms with E-state index in [1.165, 1.54) is 10.6 Å². The number of hydrogen-bond donors (Lipinski definition) is 0. The van der Waals surface area contributed by atoms with Crippen LogP contribution < -0.4 is 28.5 Å². The molecule has 1 nitrogen and oxygen atoms in total. The zero-order chi connectivity index (χ0) is 11.4. The standard InChI is InChI=1S/C13H13BrNS.HI/c1-15-9-3-2-4-12(15)10-16-13-7-5-11(14)6-8-13;/h2-9H,10H2,1H3;1H/q+1;/p-1. The third-order valence-electron chi connectivity index (χ3n) is 2.36. The Bertz CT molecular complexity index is 473. The van der Waals surface area contributed by atoms with E-state index in [4.69, 9.17) is 0 Å². The van der Waals surface area contributed by atoms with Gasteiger partial charge in [0.1, 0.15) is 7.05 Å². The lowest BCUT2D eigenvalue weighted by atomic mass is 10.4. The molecule has 1 heterocycles. The number of halogens is 2. The maximum Gasteiger partial charge on any atom is 0.191 e. The molecule has 2 aromatic rings. The highest BCUT2D eigenvalue weighted by atomic mass is 127. The molecule has 90 valence electrons. The summed E-state index contributed by atoms with van der Waals surface area (Å²) in [6, 6.07) is 14.7. The van der Waals surface area contributed by atoms with Crippen molar-refractivity contribution in [1.82, 2.24) is 0 Å². The summed E-state index contributed by atoms with van der Waals surface area (Å²) < 4.78 is 3.29. The van der Waals surface area contributed by atoms with Gasteiger partial charge in [0.2, 0.25) is 0 Å². The Morgan fingerprint density at radius 1 is 1.12 bits per heavy atom. The first-order valence-electron chi connectivity index (χ1n) is 5.07. The number of pyridine rings is 1. The summed E-state index contributed by atoms with van der Waals surface area (Å²) in [6.45, 7) is 0. The van der Waals surface area contributed by atoms with Gasteiger partial charge in [0.15, 0.2) is 11.9 Å². The van der Waals surface area contributed by atoms with Gasteiger partial charge in [0.05, 0.1) is 5.75 Å². The molecule has 17 heavy (non-hydrogen) atoms. The predicted molar refractivity (Wildman–Crippen MR) is 71.3 cm³/mol. The molecule has 0 aliphatic heterocycles. The third-order valence-corrected chi connectivity index (χ3v) is 3.94. The monoisotopic (exact) mass is 421 g/mol. The lowest BCUT2D eigenvalue weighted by Gasteiger charge is -2.00. The highest BCUT2D eigenvalue weighted by Crippen LogP contribution is 2.23. The van der Waals surface area contributed by atoms with Gasteiger partial charge in [-0.15, -0.1) is 11.8 Å². The molecule has 0 unspecified atom stereocenters. The lowest BCUT2D eigenvalue weighted by Crippen LogP contribution is -3.00. The largest absolute Gasteiger partial charge is 1.00 e. The van der Waals surface area contributed by atoms with E-state index in [9.17, 15) is 0 Å². The molecule has 2 rings (SSSR count). The molecule has 0 saturated heterocycles. The average molecular weight is 422 g/mol. The van der Waals surface area contributed by atoms with Crippen LogP contribution in [0, 0.1) is 0 Å². The molecule has 0 bridgehead atoms. The molecule has 0 fully saturated rings. The first kappa shape index (κ1) is 15.0. The van der Waals surface area contributed by atoms with Crippen molar-refractivity contribution in [2.24, 2.45) is 7.05 Å². The van der Waals surface area contributed by atoms with Crippen LogP contribution in [-0.2, 0) is 12.8 Å². The Kier molecular flexibility index (Phi) is 6.51. The summed E-state index contributed by atoms with van der Waals surface area (Å²) in [7, 11) is 2.08. The van der Waals surface area contributed by atoms with Gasteiger partial charge in [-0.25, -0.2) is 4.57 Å². The number of aromatic nitrogens is 1. The van der Waals surface area contributed by atoms with Crippen molar-refractivity contribution in [3.63, 3.8) is 0 Å². The second-order valence-corrected chi connectivity index (χ2v) is 5.51. The topological polar surface area (TPSA) is 3.88 Å². The lowest BCUT2D eigenvalue weighted by molar-refractivity contribution is -0.678. The minimum atomic E-state index is 0. The fraction of sp³-hybridized carbons (Fsp3) is 0.154. The van der Waals surface area contributed by atoms with Crippen LogP contribution in [0.15, 0.2) is 58.0 Å². The minimum absolute atomic E-state index is 0. The van der Waals surface area contributed by atoms with Crippen molar-refractivity contribution in [2.45, 2.75) is 10.6 Å². The van der Waals surface area contributed by atoms with Gasteiger partial charge < -0.3 is 24.0 Å². The summed E-state index contributed by atoms with van der Waals surface area (Å²) in [5, 5.41) is 0. The molecule has 0 amide bonds. The van der Waals surface area contributed by atoms with Crippen molar-refractivity contribution in [3.05, 3.63) is 58.8 Å². The predicted octanol–water partition coefficient (Wildman–Crippen LogP) is 0.570. The Labute approximate surface area is 132 Å². The molecule has 0 atom stereocenters. The molecular formula is C13H13BrINS. The van der Waals surface area contributed by atoms with Crippen molar-refractivity contribution >= 4 is 27.7 Å². The van der Waals surface area contributed by atoms with Crippen molar-refractivity contribution in [2.75, 3.05) is 0 Å². The van der Waals surface area contributed by atoms with Gasteiger partial charge in [-0.05, 0) is 24.3 Å². The van der Waals surface area contributed by atoms with Crippen LogP contribution in [-0.4, -0.2) is 0 Å². The van der Waals surface area contributed by atoms with Gasteiger partial charge >= 0.3 is 0 Å². The maximum atomic E-state index is 3.44. The van der Waals surface area contributed by atoms with E-state index in [1.807, 2.05) is 17.8 Å². The molecule has 0 radical (unpaired) electrons. The summed E-state index contributed by atoms with van der Waals surface area (Å²) in [4.78, 5) is 1.30. The van der Waals surface area contributed by atoms with E-state index < -0.39 is 0 Å². The van der Waals surface area contributed by atoms with E-state index in [0.717, 1.165) is 10.2 Å². The van der Waals surface area contributed by atoms with Gasteiger partial charge in [0, 0.05) is 21.5 Å². The first-order chi connectivity index (χ1) is 7.75. The Balaban J connectivity index is 0.00000144. The fourth-order valence-electron chi connectivity index (χ4n) is 1.40. The molecule has 0 aliphatic carbocycles. The normalized spacial score (nSPS) is 9.76. The highest BCUT2D eigenvalue weighted by Gasteiger charge is 2.04. The third kappa shape index (κ3) is 4.60. The number of rotatable bonds is 3. The summed E-state index contributed by atoms with van der Waals surface area (Å²) >= 11 is 5.29. The Hall–Kier alpha value is -0.0700. The minimum Gasteiger partial charge on any atom is -1.00 e. The number of thioether (sulfide) groups is 1. The van der Waals surface area contributed by atoms with Crippen LogP contribution >= 0.6 is 27.7 Å². The van der Waals surface area contributed by atoms with Crippen molar-refractivity contribution in [1.29, 1.82) is 0 Å².